The lowest BCUT2D eigenvalue weighted by molar-refractivity contribution is 0.0941. The lowest BCUT2D eigenvalue weighted by atomic mass is 10.2. The predicted octanol–water partition coefficient (Wildman–Crippen LogP) is 3.19. The molecule has 0 fully saturated rings. The van der Waals surface area contributed by atoms with Gasteiger partial charge in [0, 0.05) is 30.9 Å². The van der Waals surface area contributed by atoms with Crippen molar-refractivity contribution in [1.29, 1.82) is 0 Å². The van der Waals surface area contributed by atoms with Gasteiger partial charge in [-0.25, -0.2) is 4.98 Å². The lowest BCUT2D eigenvalue weighted by Gasteiger charge is -2.24. The number of aromatic nitrogens is 1. The van der Waals surface area contributed by atoms with Crippen LogP contribution in [0.2, 0.25) is 0 Å². The minimum atomic E-state index is -0.0830. The Kier molecular flexibility index (Phi) is 6.74. The largest absolute Gasteiger partial charge is 0.349 e. The van der Waals surface area contributed by atoms with Crippen LogP contribution in [-0.4, -0.2) is 41.5 Å². The molecule has 23 heavy (non-hydrogen) atoms. The van der Waals surface area contributed by atoms with Crippen molar-refractivity contribution in [2.45, 2.75) is 33.2 Å². The highest BCUT2D eigenvalue weighted by Crippen LogP contribution is 2.14. The Morgan fingerprint density at radius 2 is 2.04 bits per heavy atom. The van der Waals surface area contributed by atoms with Gasteiger partial charge in [0.15, 0.2) is 0 Å². The highest BCUT2D eigenvalue weighted by Gasteiger charge is 2.12. The van der Waals surface area contributed by atoms with Gasteiger partial charge in [0.05, 0.1) is 5.01 Å². The number of amides is 1. The van der Waals surface area contributed by atoms with Crippen LogP contribution in [0.3, 0.4) is 0 Å². The first-order chi connectivity index (χ1) is 11.1. The van der Waals surface area contributed by atoms with E-state index in [0.717, 1.165) is 24.5 Å². The van der Waals surface area contributed by atoms with Gasteiger partial charge in [0.2, 0.25) is 0 Å². The highest BCUT2D eigenvalue weighted by atomic mass is 32.1. The normalized spacial score (nSPS) is 11.2. The summed E-state index contributed by atoms with van der Waals surface area (Å²) in [5.74, 6) is -0.0830. The Balaban J connectivity index is 1.84. The van der Waals surface area contributed by atoms with Gasteiger partial charge in [-0.1, -0.05) is 37.3 Å². The van der Waals surface area contributed by atoms with Gasteiger partial charge in [-0.05, 0) is 26.0 Å². The Bertz CT molecular complexity index is 610. The van der Waals surface area contributed by atoms with Gasteiger partial charge >= 0.3 is 0 Å². The number of benzene rings is 1. The van der Waals surface area contributed by atoms with E-state index in [2.05, 4.69) is 48.1 Å². The molecule has 1 aromatic carbocycles. The average molecular weight is 331 g/mol. The number of rotatable bonds is 8. The summed E-state index contributed by atoms with van der Waals surface area (Å²) in [6.45, 7) is 8.98. The van der Waals surface area contributed by atoms with Crippen LogP contribution in [-0.2, 0) is 6.42 Å². The molecule has 0 saturated carbocycles. The topological polar surface area (TPSA) is 45.2 Å². The fourth-order valence-corrected chi connectivity index (χ4v) is 3.26. The van der Waals surface area contributed by atoms with Crippen molar-refractivity contribution in [3.63, 3.8) is 0 Å². The van der Waals surface area contributed by atoms with Crippen LogP contribution in [0.1, 0.15) is 41.8 Å². The number of hydrogen-bond donors (Lipinski definition) is 1. The minimum Gasteiger partial charge on any atom is -0.349 e. The van der Waals surface area contributed by atoms with E-state index < -0.39 is 0 Å². The first-order valence-electron chi connectivity index (χ1n) is 8.10. The van der Waals surface area contributed by atoms with E-state index in [9.17, 15) is 4.79 Å². The molecule has 0 unspecified atom stereocenters. The molecule has 0 radical (unpaired) electrons. The van der Waals surface area contributed by atoms with E-state index in [0.29, 0.717) is 18.3 Å². The van der Waals surface area contributed by atoms with E-state index in [-0.39, 0.29) is 5.91 Å². The van der Waals surface area contributed by atoms with Crippen LogP contribution in [0.15, 0.2) is 35.7 Å². The van der Waals surface area contributed by atoms with E-state index in [1.54, 1.807) is 0 Å². The van der Waals surface area contributed by atoms with Crippen molar-refractivity contribution in [3.8, 4) is 0 Å². The molecule has 2 rings (SSSR count). The number of nitrogens with one attached hydrogen (secondary N) is 1. The van der Waals surface area contributed by atoms with Crippen LogP contribution in [0.4, 0.5) is 0 Å². The third-order valence-corrected chi connectivity index (χ3v) is 4.65. The summed E-state index contributed by atoms with van der Waals surface area (Å²) >= 11 is 1.54. The number of carbonyl (C=O) groups excluding carboxylic acids is 1. The molecule has 124 valence electrons. The summed E-state index contributed by atoms with van der Waals surface area (Å²) in [7, 11) is 0. The van der Waals surface area contributed by atoms with Gasteiger partial charge in [-0.3, -0.25) is 9.69 Å². The van der Waals surface area contributed by atoms with Crippen molar-refractivity contribution in [1.82, 2.24) is 15.2 Å². The van der Waals surface area contributed by atoms with E-state index in [4.69, 9.17) is 0 Å². The maximum atomic E-state index is 12.2. The summed E-state index contributed by atoms with van der Waals surface area (Å²) < 4.78 is 0. The van der Waals surface area contributed by atoms with Gasteiger partial charge in [-0.2, -0.15) is 0 Å². The van der Waals surface area contributed by atoms with Crippen LogP contribution in [0.25, 0.3) is 0 Å². The Morgan fingerprint density at radius 3 is 2.70 bits per heavy atom. The van der Waals surface area contributed by atoms with Crippen LogP contribution < -0.4 is 5.32 Å². The maximum absolute atomic E-state index is 12.2. The number of nitrogens with zero attached hydrogens (tertiary/aromatic N) is 2. The molecule has 0 atom stereocenters. The zero-order valence-electron chi connectivity index (χ0n) is 14.1. The van der Waals surface area contributed by atoms with Crippen molar-refractivity contribution in [3.05, 3.63) is 52.0 Å². The molecule has 0 aliphatic carbocycles. The molecule has 0 aliphatic heterocycles. The Hall–Kier alpha value is -1.72. The van der Waals surface area contributed by atoms with E-state index in [1.807, 2.05) is 23.6 Å². The monoisotopic (exact) mass is 331 g/mol. The second kappa shape index (κ2) is 8.79. The predicted molar refractivity (Wildman–Crippen MR) is 96.1 cm³/mol. The zero-order chi connectivity index (χ0) is 16.7. The summed E-state index contributed by atoms with van der Waals surface area (Å²) in [6, 6.07) is 10.7. The molecule has 0 aliphatic rings. The smallest absolute Gasteiger partial charge is 0.270 e. The maximum Gasteiger partial charge on any atom is 0.270 e. The average Bonchev–Trinajstić information content (AvgIpc) is 3.00. The molecule has 1 amide bonds. The number of carbonyl (C=O) groups is 1. The first-order valence-corrected chi connectivity index (χ1v) is 8.98. The molecule has 0 bridgehead atoms. The molecule has 4 nitrogen and oxygen atoms in total. The van der Waals surface area contributed by atoms with Gasteiger partial charge < -0.3 is 5.32 Å². The minimum absolute atomic E-state index is 0.0830. The molecule has 5 heteroatoms. The standard InChI is InChI=1S/C18H25N3OS/c1-4-21(14(2)3)11-10-19-18(22)16-13-23-17(20-16)12-15-8-6-5-7-9-15/h5-9,13-14H,4,10-12H2,1-3H3,(H,19,22). The molecular formula is C18H25N3OS. The summed E-state index contributed by atoms with van der Waals surface area (Å²) in [5.41, 5.74) is 1.73. The summed E-state index contributed by atoms with van der Waals surface area (Å²) in [5, 5.41) is 5.77. The highest BCUT2D eigenvalue weighted by molar-refractivity contribution is 7.09. The SMILES string of the molecule is CCN(CCNC(=O)c1csc(Cc2ccccc2)n1)C(C)C. The third-order valence-electron chi connectivity index (χ3n) is 3.80. The number of hydrogen-bond acceptors (Lipinski definition) is 4. The van der Waals surface area contributed by atoms with Crippen LogP contribution in [0, 0.1) is 0 Å². The van der Waals surface area contributed by atoms with Crippen LogP contribution in [0.5, 0.6) is 0 Å². The van der Waals surface area contributed by atoms with Crippen molar-refractivity contribution >= 4 is 17.2 Å². The number of likely N-dealkylation sites (N-methyl/N-ethyl adjacent to an activating group) is 1. The second-order valence-corrected chi connectivity index (χ2v) is 6.71. The molecule has 0 saturated heterocycles. The van der Waals surface area contributed by atoms with E-state index in [1.165, 1.54) is 16.9 Å². The molecule has 1 N–H and O–H groups in total. The van der Waals surface area contributed by atoms with Gasteiger partial charge in [-0.15, -0.1) is 11.3 Å². The van der Waals surface area contributed by atoms with Crippen molar-refractivity contribution < 1.29 is 4.79 Å². The van der Waals surface area contributed by atoms with Crippen molar-refractivity contribution in [2.24, 2.45) is 0 Å². The molecule has 0 spiro atoms. The Labute approximate surface area is 142 Å². The summed E-state index contributed by atoms with van der Waals surface area (Å²) in [4.78, 5) is 18.9. The second-order valence-electron chi connectivity index (χ2n) is 5.77. The summed E-state index contributed by atoms with van der Waals surface area (Å²) in [6.07, 6.45) is 0.774. The van der Waals surface area contributed by atoms with Gasteiger partial charge in [0.1, 0.15) is 5.69 Å². The van der Waals surface area contributed by atoms with Crippen LogP contribution >= 0.6 is 11.3 Å². The van der Waals surface area contributed by atoms with Crippen molar-refractivity contribution in [2.75, 3.05) is 19.6 Å². The van der Waals surface area contributed by atoms with E-state index >= 15 is 0 Å². The molecule has 1 heterocycles. The molecular weight excluding hydrogens is 306 g/mol. The third kappa shape index (κ3) is 5.44. The lowest BCUT2D eigenvalue weighted by Crippen LogP contribution is -2.38. The fraction of sp³-hybridized carbons (Fsp3) is 0.444. The molecule has 1 aromatic heterocycles. The number of thiazole rings is 1. The molecule has 2 aromatic rings. The Morgan fingerprint density at radius 1 is 1.30 bits per heavy atom. The fourth-order valence-electron chi connectivity index (χ4n) is 2.45. The first kappa shape index (κ1) is 17.6. The zero-order valence-corrected chi connectivity index (χ0v) is 14.9. The quantitative estimate of drug-likeness (QED) is 0.808. The van der Waals surface area contributed by atoms with Gasteiger partial charge in [0.25, 0.3) is 5.91 Å².